The third kappa shape index (κ3) is 6.33. The van der Waals surface area contributed by atoms with Crippen molar-refractivity contribution in [3.8, 4) is 39.3 Å². The molecule has 0 saturated heterocycles. The van der Waals surface area contributed by atoms with Crippen molar-refractivity contribution < 1.29 is 13.3 Å². The van der Waals surface area contributed by atoms with Gasteiger partial charge in [0.2, 0.25) is 0 Å². The highest BCUT2D eigenvalue weighted by Gasteiger charge is 2.24. The Hall–Kier alpha value is -10.6. The van der Waals surface area contributed by atoms with E-state index in [4.69, 9.17) is 13.3 Å². The van der Waals surface area contributed by atoms with Gasteiger partial charge in [-0.25, -0.2) is 0 Å². The normalized spacial score (nSPS) is 12.4. The molecule has 12 aromatic carbocycles. The van der Waals surface area contributed by atoms with Crippen LogP contribution in [-0.2, 0) is 0 Å². The number of hydrogen-bond acceptors (Lipinski definition) is 3. The first-order valence-corrected chi connectivity index (χ1v) is 27.8. The summed E-state index contributed by atoms with van der Waals surface area (Å²) in [5, 5.41) is 13.5. The lowest BCUT2D eigenvalue weighted by Crippen LogP contribution is -1.94. The summed E-state index contributed by atoms with van der Waals surface area (Å²) in [5.41, 5.74) is 23.4. The smallest absolute Gasteiger partial charge is 0.145 e. The average Bonchev–Trinajstić information content (AvgIpc) is 4.26. The van der Waals surface area contributed by atoms with Crippen molar-refractivity contribution in [1.82, 2.24) is 13.7 Å². The maximum Gasteiger partial charge on any atom is 0.145 e. The van der Waals surface area contributed by atoms with Crippen molar-refractivity contribution in [2.75, 3.05) is 0 Å². The van der Waals surface area contributed by atoms with Gasteiger partial charge in [-0.1, -0.05) is 109 Å². The zero-order valence-electron chi connectivity index (χ0n) is 44.5. The minimum atomic E-state index is 0.842. The summed E-state index contributed by atoms with van der Waals surface area (Å²) >= 11 is 0. The third-order valence-corrected chi connectivity index (χ3v) is 17.3. The Kier molecular flexibility index (Phi) is 8.92. The molecule has 0 aliphatic heterocycles. The fourth-order valence-electron chi connectivity index (χ4n) is 13.7. The van der Waals surface area contributed by atoms with Gasteiger partial charge in [-0.2, -0.15) is 0 Å². The van der Waals surface area contributed by atoms with Gasteiger partial charge >= 0.3 is 0 Å². The van der Waals surface area contributed by atoms with Crippen LogP contribution in [0.3, 0.4) is 0 Å². The summed E-state index contributed by atoms with van der Waals surface area (Å²) in [4.78, 5) is 0. The molecule has 18 aromatic rings. The van der Waals surface area contributed by atoms with E-state index in [9.17, 15) is 0 Å². The van der Waals surface area contributed by atoms with Crippen LogP contribution in [0.4, 0.5) is 0 Å². The Labute approximate surface area is 463 Å². The maximum atomic E-state index is 7.14. The van der Waals surface area contributed by atoms with Gasteiger partial charge in [0.05, 0.1) is 38.5 Å². The molecule has 0 spiro atoms. The summed E-state index contributed by atoms with van der Waals surface area (Å²) in [7, 11) is 0. The van der Waals surface area contributed by atoms with Crippen LogP contribution in [0.25, 0.3) is 171 Å². The van der Waals surface area contributed by atoms with Gasteiger partial charge < -0.3 is 27.0 Å². The molecule has 0 radical (unpaired) electrons. The zero-order valence-corrected chi connectivity index (χ0v) is 44.5. The molecular weight excluding hydrogens is 991 g/mol. The Morgan fingerprint density at radius 1 is 0.247 bits per heavy atom. The van der Waals surface area contributed by atoms with E-state index in [0.29, 0.717) is 0 Å². The Bertz CT molecular complexity index is 5770. The minimum Gasteiger partial charge on any atom is -0.456 e. The van der Waals surface area contributed by atoms with Crippen LogP contribution in [0.5, 0.6) is 0 Å². The monoisotopic (exact) mass is 1040 g/mol. The van der Waals surface area contributed by atoms with Crippen molar-refractivity contribution in [3.63, 3.8) is 0 Å². The van der Waals surface area contributed by atoms with Gasteiger partial charge in [0, 0.05) is 87.9 Å². The third-order valence-electron chi connectivity index (χ3n) is 17.3. The summed E-state index contributed by atoms with van der Waals surface area (Å²) in [5.74, 6) is 0. The highest BCUT2D eigenvalue weighted by atomic mass is 16.3. The van der Waals surface area contributed by atoms with Gasteiger partial charge in [-0.15, -0.1) is 0 Å². The quantitative estimate of drug-likeness (QED) is 0.173. The van der Waals surface area contributed by atoms with Gasteiger partial charge in [0.25, 0.3) is 0 Å². The molecule has 0 aliphatic carbocycles. The molecule has 6 nitrogen and oxygen atoms in total. The summed E-state index contributed by atoms with van der Waals surface area (Å²) in [6.07, 6.45) is 0. The van der Waals surface area contributed by atoms with Crippen LogP contribution < -0.4 is 0 Å². The van der Waals surface area contributed by atoms with E-state index < -0.39 is 0 Å². The van der Waals surface area contributed by atoms with Crippen LogP contribution in [0.15, 0.2) is 244 Å². The van der Waals surface area contributed by atoms with Crippen molar-refractivity contribution in [3.05, 3.63) is 247 Å². The number of benzene rings is 12. The first kappa shape index (κ1) is 44.4. The molecule has 380 valence electrons. The molecule has 0 N–H and O–H groups in total. The standard InChI is InChI=1S/C75H47N3O3/c1-42-12-8-15-48(32-42)76-65-30-26-47(36-62(65)73-66(76)31-28-56-53-19-5-7-23-69(53)80-75(56)73)51-20-11-21-55-60-38-58-57-35-45(25-29-64(57)78(50-17-10-14-44(3)34-50)68(58)41-72(60)81-74(51)55)46-24-27-54-61-39-67-59(40-71(61)79-70(54)37-46)52-18-4-6-22-63(52)77(67)49-16-9-13-43(2)33-49/h4-41H,1-3H3. The minimum absolute atomic E-state index is 0.842. The second kappa shape index (κ2) is 16.3. The Morgan fingerprint density at radius 3 is 1.51 bits per heavy atom. The Morgan fingerprint density at radius 2 is 0.741 bits per heavy atom. The van der Waals surface area contributed by atoms with Crippen LogP contribution in [0.2, 0.25) is 0 Å². The predicted molar refractivity (Wildman–Crippen MR) is 336 cm³/mol. The molecule has 0 atom stereocenters. The van der Waals surface area contributed by atoms with E-state index >= 15 is 0 Å². The molecule has 0 fully saturated rings. The number of rotatable bonds is 5. The number of nitrogens with zero attached hydrogens (tertiary/aromatic N) is 3. The molecule has 18 rings (SSSR count). The summed E-state index contributed by atoms with van der Waals surface area (Å²) in [6, 6.07) is 83.9. The number of para-hydroxylation sites is 3. The first-order valence-electron chi connectivity index (χ1n) is 27.8. The molecule has 0 unspecified atom stereocenters. The summed E-state index contributed by atoms with van der Waals surface area (Å²) in [6.45, 7) is 6.46. The van der Waals surface area contributed by atoms with Gasteiger partial charge in [0.1, 0.15) is 33.5 Å². The van der Waals surface area contributed by atoms with E-state index in [0.717, 1.165) is 149 Å². The first-order chi connectivity index (χ1) is 39.8. The molecule has 81 heavy (non-hydrogen) atoms. The number of hydrogen-bond donors (Lipinski definition) is 0. The predicted octanol–water partition coefficient (Wildman–Crippen LogP) is 20.9. The van der Waals surface area contributed by atoms with Crippen LogP contribution in [0.1, 0.15) is 16.7 Å². The topological polar surface area (TPSA) is 54.2 Å². The van der Waals surface area contributed by atoms with Crippen LogP contribution in [0, 0.1) is 20.8 Å². The van der Waals surface area contributed by atoms with Gasteiger partial charge in [0.15, 0.2) is 0 Å². The van der Waals surface area contributed by atoms with Crippen molar-refractivity contribution in [2.45, 2.75) is 20.8 Å². The molecule has 0 saturated carbocycles. The van der Waals surface area contributed by atoms with E-state index in [-0.39, 0.29) is 0 Å². The molecule has 6 heteroatoms. The zero-order chi connectivity index (χ0) is 53.4. The molecule has 0 bridgehead atoms. The molecule has 6 heterocycles. The fourth-order valence-corrected chi connectivity index (χ4v) is 13.7. The van der Waals surface area contributed by atoms with Crippen LogP contribution >= 0.6 is 0 Å². The Balaban J connectivity index is 0.810. The SMILES string of the molecule is Cc1cccc(-n2c3ccc(-c4ccc5c(c4)oc4cc6c7ccccc7n(-c7cccc(C)c7)c6cc45)cc3c3cc4c(cc32)oc2c(-c3ccc5c(c3)c3c6oc7ccccc7c6ccc3n5-c3cccc(C)c3)cccc24)c1. The lowest BCUT2D eigenvalue weighted by atomic mass is 9.99. The largest absolute Gasteiger partial charge is 0.456 e. The molecule has 0 aliphatic rings. The molecule has 6 aromatic heterocycles. The lowest BCUT2D eigenvalue weighted by Gasteiger charge is -2.09. The maximum absolute atomic E-state index is 7.14. The number of aromatic nitrogens is 3. The molecular formula is C75H47N3O3. The second-order valence-electron chi connectivity index (χ2n) is 22.3. The highest BCUT2D eigenvalue weighted by Crippen LogP contribution is 2.46. The van der Waals surface area contributed by atoms with E-state index in [1.165, 1.54) is 38.4 Å². The van der Waals surface area contributed by atoms with Crippen molar-refractivity contribution in [1.29, 1.82) is 0 Å². The number of furan rings is 3. The van der Waals surface area contributed by atoms with E-state index in [1.54, 1.807) is 0 Å². The van der Waals surface area contributed by atoms with Crippen molar-refractivity contribution >= 4 is 131 Å². The fraction of sp³-hybridized carbons (Fsp3) is 0.0400. The van der Waals surface area contributed by atoms with Gasteiger partial charge in [-0.3, -0.25) is 0 Å². The highest BCUT2D eigenvalue weighted by molar-refractivity contribution is 6.25. The van der Waals surface area contributed by atoms with Crippen molar-refractivity contribution in [2.24, 2.45) is 0 Å². The van der Waals surface area contributed by atoms with Gasteiger partial charge in [-0.05, 0) is 169 Å². The number of fused-ring (bicyclic) bond motifs is 19. The van der Waals surface area contributed by atoms with E-state index in [2.05, 4.69) is 259 Å². The summed E-state index contributed by atoms with van der Waals surface area (Å²) < 4.78 is 27.9. The van der Waals surface area contributed by atoms with Crippen LogP contribution in [-0.4, -0.2) is 13.7 Å². The second-order valence-corrected chi connectivity index (χ2v) is 22.3. The number of aryl methyl sites for hydroxylation is 3. The average molecular weight is 1040 g/mol. The molecule has 0 amide bonds. The lowest BCUT2D eigenvalue weighted by molar-refractivity contribution is 0.669. The van der Waals surface area contributed by atoms with E-state index in [1.807, 2.05) is 6.07 Å².